The van der Waals surface area contributed by atoms with Crippen LogP contribution in [0.25, 0.3) is 11.0 Å². The molecule has 120 valence electrons. The van der Waals surface area contributed by atoms with Gasteiger partial charge in [0, 0.05) is 18.4 Å². The number of carbonyl (C=O) groups excluding carboxylic acids is 1. The van der Waals surface area contributed by atoms with Crippen molar-refractivity contribution in [3.63, 3.8) is 0 Å². The summed E-state index contributed by atoms with van der Waals surface area (Å²) in [6, 6.07) is 6.49. The summed E-state index contributed by atoms with van der Waals surface area (Å²) in [7, 11) is 0. The molecule has 0 saturated heterocycles. The lowest BCUT2D eigenvalue weighted by Crippen LogP contribution is -2.24. The van der Waals surface area contributed by atoms with E-state index in [0.29, 0.717) is 13.0 Å². The number of rotatable bonds is 9. The summed E-state index contributed by atoms with van der Waals surface area (Å²) in [5.74, 6) is 0.101. The Morgan fingerprint density at radius 2 is 2.00 bits per heavy atom. The molecule has 0 fully saturated rings. The molecule has 0 atom stereocenters. The number of hydrogen-bond donors (Lipinski definition) is 1. The summed E-state index contributed by atoms with van der Waals surface area (Å²) >= 11 is 0. The molecule has 0 bridgehead atoms. The van der Waals surface area contributed by atoms with E-state index in [0.717, 1.165) is 18.4 Å². The molecule has 0 spiro atoms. The van der Waals surface area contributed by atoms with Gasteiger partial charge in [-0.2, -0.15) is 0 Å². The lowest BCUT2D eigenvalue weighted by molar-refractivity contribution is -0.120. The fourth-order valence-corrected chi connectivity index (χ4v) is 2.70. The van der Waals surface area contributed by atoms with E-state index >= 15 is 0 Å². The van der Waals surface area contributed by atoms with Gasteiger partial charge in [0.2, 0.25) is 5.91 Å². The Kier molecular flexibility index (Phi) is 6.50. The summed E-state index contributed by atoms with van der Waals surface area (Å²) in [6.07, 6.45) is 9.45. The van der Waals surface area contributed by atoms with Crippen molar-refractivity contribution in [2.45, 2.75) is 58.8 Å². The van der Waals surface area contributed by atoms with Crippen molar-refractivity contribution in [2.75, 3.05) is 6.54 Å². The minimum atomic E-state index is 0.101. The highest BCUT2D eigenvalue weighted by Crippen LogP contribution is 2.23. The molecule has 0 unspecified atom stereocenters. The largest absolute Gasteiger partial charge is 0.464 e. The maximum Gasteiger partial charge on any atom is 0.219 e. The average Bonchev–Trinajstić information content (AvgIpc) is 2.94. The smallest absolute Gasteiger partial charge is 0.219 e. The number of fused-ring (bicyclic) bond motifs is 1. The zero-order valence-corrected chi connectivity index (χ0v) is 13.8. The number of furan rings is 1. The van der Waals surface area contributed by atoms with E-state index in [-0.39, 0.29) is 5.91 Å². The molecule has 2 rings (SSSR count). The summed E-state index contributed by atoms with van der Waals surface area (Å²) in [5, 5.41) is 4.11. The molecule has 22 heavy (non-hydrogen) atoms. The first-order valence-electron chi connectivity index (χ1n) is 8.50. The summed E-state index contributed by atoms with van der Waals surface area (Å²) in [6.45, 7) is 4.77. The molecule has 3 nitrogen and oxygen atoms in total. The maximum atomic E-state index is 11.3. The Morgan fingerprint density at radius 1 is 1.14 bits per heavy atom. The zero-order valence-electron chi connectivity index (χ0n) is 13.8. The van der Waals surface area contributed by atoms with Crippen LogP contribution in [0, 0.1) is 0 Å². The predicted octanol–water partition coefficient (Wildman–Crippen LogP) is 4.62. The van der Waals surface area contributed by atoms with Crippen molar-refractivity contribution in [1.29, 1.82) is 0 Å². The van der Waals surface area contributed by atoms with Gasteiger partial charge < -0.3 is 9.73 Å². The van der Waals surface area contributed by atoms with E-state index < -0.39 is 0 Å². The number of nitrogens with one attached hydrogen (secondary N) is 1. The van der Waals surface area contributed by atoms with Gasteiger partial charge in [-0.25, -0.2) is 0 Å². The third-order valence-electron chi connectivity index (χ3n) is 4.07. The van der Waals surface area contributed by atoms with Gasteiger partial charge in [-0.3, -0.25) is 4.79 Å². The van der Waals surface area contributed by atoms with E-state index in [1.54, 1.807) is 0 Å². The first-order chi connectivity index (χ1) is 10.7. The number of unbranched alkanes of at least 4 members (excludes halogenated alkanes) is 3. The van der Waals surface area contributed by atoms with Gasteiger partial charge in [-0.1, -0.05) is 39.2 Å². The van der Waals surface area contributed by atoms with Gasteiger partial charge >= 0.3 is 0 Å². The normalized spacial score (nSPS) is 11.0. The van der Waals surface area contributed by atoms with E-state index in [1.165, 1.54) is 42.2 Å². The summed E-state index contributed by atoms with van der Waals surface area (Å²) < 4.78 is 5.62. The summed E-state index contributed by atoms with van der Waals surface area (Å²) in [4.78, 5) is 11.3. The molecule has 1 amide bonds. The minimum Gasteiger partial charge on any atom is -0.464 e. The van der Waals surface area contributed by atoms with E-state index in [2.05, 4.69) is 30.4 Å². The molecule has 1 aromatic carbocycles. The van der Waals surface area contributed by atoms with Crippen LogP contribution >= 0.6 is 0 Å². The second-order valence-corrected chi connectivity index (χ2v) is 5.86. The first kappa shape index (κ1) is 16.6. The molecule has 0 aliphatic rings. The van der Waals surface area contributed by atoms with E-state index in [4.69, 9.17) is 4.42 Å². The molecule has 3 heteroatoms. The Hall–Kier alpha value is -1.77. The van der Waals surface area contributed by atoms with Crippen LogP contribution < -0.4 is 5.32 Å². The van der Waals surface area contributed by atoms with Crippen molar-refractivity contribution in [3.05, 3.63) is 35.6 Å². The third-order valence-corrected chi connectivity index (χ3v) is 4.07. The SMILES string of the molecule is CCCCCCc1ccc2occ(CCNC(=O)CC)c2c1. The minimum absolute atomic E-state index is 0.101. The molecule has 1 N–H and O–H groups in total. The van der Waals surface area contributed by atoms with Gasteiger partial charge in [0.25, 0.3) is 0 Å². The molecule has 1 aromatic heterocycles. The van der Waals surface area contributed by atoms with E-state index in [1.807, 2.05) is 13.2 Å². The van der Waals surface area contributed by atoms with Crippen molar-refractivity contribution in [1.82, 2.24) is 5.32 Å². The van der Waals surface area contributed by atoms with Crippen molar-refractivity contribution < 1.29 is 9.21 Å². The van der Waals surface area contributed by atoms with Crippen LogP contribution in [-0.2, 0) is 17.6 Å². The molecule has 1 heterocycles. The Morgan fingerprint density at radius 3 is 2.77 bits per heavy atom. The monoisotopic (exact) mass is 301 g/mol. The van der Waals surface area contributed by atoms with Crippen molar-refractivity contribution >= 4 is 16.9 Å². The zero-order chi connectivity index (χ0) is 15.8. The van der Waals surface area contributed by atoms with Gasteiger partial charge in [0.15, 0.2) is 0 Å². The molecule has 0 aliphatic heterocycles. The standard InChI is InChI=1S/C19H27NO2/c1-3-5-6-7-8-15-9-10-18-17(13-15)16(14-22-18)11-12-20-19(21)4-2/h9-10,13-14H,3-8,11-12H2,1-2H3,(H,20,21). The number of amides is 1. The number of hydrogen-bond acceptors (Lipinski definition) is 2. The Balaban J connectivity index is 1.97. The highest BCUT2D eigenvalue weighted by Gasteiger charge is 2.07. The number of benzene rings is 1. The predicted molar refractivity (Wildman–Crippen MR) is 91.1 cm³/mol. The van der Waals surface area contributed by atoms with Gasteiger partial charge in [-0.05, 0) is 42.5 Å². The fourth-order valence-electron chi connectivity index (χ4n) is 2.70. The lowest BCUT2D eigenvalue weighted by atomic mass is 10.0. The summed E-state index contributed by atoms with van der Waals surface area (Å²) in [5.41, 5.74) is 3.50. The Bertz CT molecular complexity index is 601. The topological polar surface area (TPSA) is 42.2 Å². The first-order valence-corrected chi connectivity index (χ1v) is 8.50. The van der Waals surface area contributed by atoms with Crippen LogP contribution in [0.3, 0.4) is 0 Å². The van der Waals surface area contributed by atoms with E-state index in [9.17, 15) is 4.79 Å². The Labute approximate surface area is 133 Å². The quantitative estimate of drug-likeness (QED) is 0.686. The maximum absolute atomic E-state index is 11.3. The van der Waals surface area contributed by atoms with Gasteiger partial charge in [0.05, 0.1) is 6.26 Å². The molecule has 2 aromatic rings. The highest BCUT2D eigenvalue weighted by atomic mass is 16.3. The van der Waals surface area contributed by atoms with Crippen LogP contribution in [0.5, 0.6) is 0 Å². The molecular formula is C19H27NO2. The van der Waals surface area contributed by atoms with Gasteiger partial charge in [0.1, 0.15) is 5.58 Å². The van der Waals surface area contributed by atoms with Crippen LogP contribution in [-0.4, -0.2) is 12.5 Å². The average molecular weight is 301 g/mol. The third kappa shape index (κ3) is 4.62. The molecule has 0 radical (unpaired) electrons. The number of aryl methyl sites for hydroxylation is 1. The fraction of sp³-hybridized carbons (Fsp3) is 0.526. The van der Waals surface area contributed by atoms with Crippen molar-refractivity contribution in [3.8, 4) is 0 Å². The second-order valence-electron chi connectivity index (χ2n) is 5.86. The van der Waals surface area contributed by atoms with Crippen LogP contribution in [0.4, 0.5) is 0 Å². The van der Waals surface area contributed by atoms with Crippen molar-refractivity contribution in [2.24, 2.45) is 0 Å². The molecule has 0 aliphatic carbocycles. The number of carbonyl (C=O) groups is 1. The molecule has 0 saturated carbocycles. The van der Waals surface area contributed by atoms with Crippen LogP contribution in [0.15, 0.2) is 28.9 Å². The van der Waals surface area contributed by atoms with Crippen LogP contribution in [0.2, 0.25) is 0 Å². The molecular weight excluding hydrogens is 274 g/mol. The lowest BCUT2D eigenvalue weighted by Gasteiger charge is -2.04. The second kappa shape index (κ2) is 8.62. The van der Waals surface area contributed by atoms with Gasteiger partial charge in [-0.15, -0.1) is 0 Å². The highest BCUT2D eigenvalue weighted by molar-refractivity contribution is 5.82. The van der Waals surface area contributed by atoms with Crippen LogP contribution in [0.1, 0.15) is 57.1 Å².